The third-order valence-corrected chi connectivity index (χ3v) is 4.43. The maximum atomic E-state index is 13.2. The normalized spacial score (nSPS) is 26.9. The molecule has 0 saturated heterocycles. The topological polar surface area (TPSA) is 35.8 Å². The molecule has 3 unspecified atom stereocenters. The molecule has 102 valence electrons. The molecule has 3 atom stereocenters. The van der Waals surface area contributed by atoms with Gasteiger partial charge in [0, 0.05) is 12.6 Å². The molecule has 1 aliphatic carbocycles. The zero-order chi connectivity index (χ0) is 13.8. The molecule has 0 radical (unpaired) electrons. The molecular formula is C16H21FN2. The Morgan fingerprint density at radius 2 is 2.16 bits per heavy atom. The molecule has 2 nitrogen and oxygen atoms in total. The molecule has 0 aliphatic heterocycles. The van der Waals surface area contributed by atoms with Crippen LogP contribution in [0.2, 0.25) is 0 Å². The van der Waals surface area contributed by atoms with E-state index in [4.69, 9.17) is 5.26 Å². The molecular weight excluding hydrogens is 239 g/mol. The zero-order valence-electron chi connectivity index (χ0n) is 11.6. The van der Waals surface area contributed by atoms with Crippen molar-refractivity contribution in [2.45, 2.75) is 45.7 Å². The average Bonchev–Trinajstić information content (AvgIpc) is 2.42. The number of benzene rings is 1. The van der Waals surface area contributed by atoms with Gasteiger partial charge in [0.2, 0.25) is 0 Å². The second-order valence-corrected chi connectivity index (χ2v) is 5.68. The van der Waals surface area contributed by atoms with Crippen LogP contribution in [0.1, 0.15) is 44.2 Å². The Bertz CT molecular complexity index is 478. The van der Waals surface area contributed by atoms with Gasteiger partial charge in [-0.05, 0) is 36.0 Å². The largest absolute Gasteiger partial charge is 0.310 e. The Kier molecular flexibility index (Phi) is 4.55. The van der Waals surface area contributed by atoms with Crippen LogP contribution in [0.3, 0.4) is 0 Å². The van der Waals surface area contributed by atoms with E-state index in [1.54, 1.807) is 12.1 Å². The standard InChI is InChI=1S/C16H21FN2/c1-11-4-3-5-16(12(11)2)19-10-13-6-7-15(17)14(8-13)9-18/h6-8,11-12,16,19H,3-5,10H2,1-2H3. The molecule has 3 heteroatoms. The van der Waals surface area contributed by atoms with Crippen molar-refractivity contribution >= 4 is 0 Å². The van der Waals surface area contributed by atoms with E-state index in [0.29, 0.717) is 18.5 Å². The summed E-state index contributed by atoms with van der Waals surface area (Å²) in [6, 6.07) is 7.18. The summed E-state index contributed by atoms with van der Waals surface area (Å²) in [5.74, 6) is 0.990. The molecule has 1 aromatic carbocycles. The van der Waals surface area contributed by atoms with Gasteiger partial charge in [-0.25, -0.2) is 4.39 Å². The van der Waals surface area contributed by atoms with Gasteiger partial charge in [0.15, 0.2) is 0 Å². The monoisotopic (exact) mass is 260 g/mol. The summed E-state index contributed by atoms with van der Waals surface area (Å²) < 4.78 is 13.2. The first-order valence-corrected chi connectivity index (χ1v) is 7.03. The van der Waals surface area contributed by atoms with Crippen molar-refractivity contribution in [3.8, 4) is 6.07 Å². The van der Waals surface area contributed by atoms with E-state index in [-0.39, 0.29) is 5.56 Å². The number of nitrogens with one attached hydrogen (secondary N) is 1. The summed E-state index contributed by atoms with van der Waals surface area (Å²) in [6.45, 7) is 5.31. The van der Waals surface area contributed by atoms with Crippen LogP contribution in [0.4, 0.5) is 4.39 Å². The highest BCUT2D eigenvalue weighted by Crippen LogP contribution is 2.29. The van der Waals surface area contributed by atoms with E-state index in [0.717, 1.165) is 11.5 Å². The van der Waals surface area contributed by atoms with E-state index >= 15 is 0 Å². The number of nitriles is 1. The molecule has 0 amide bonds. The molecule has 2 rings (SSSR count). The number of hydrogen-bond acceptors (Lipinski definition) is 2. The van der Waals surface area contributed by atoms with Crippen LogP contribution in [0, 0.1) is 29.0 Å². The fraction of sp³-hybridized carbons (Fsp3) is 0.562. The van der Waals surface area contributed by atoms with Crippen LogP contribution in [0.15, 0.2) is 18.2 Å². The van der Waals surface area contributed by atoms with Crippen LogP contribution >= 0.6 is 0 Å². The van der Waals surface area contributed by atoms with Crippen LogP contribution in [0.25, 0.3) is 0 Å². The van der Waals surface area contributed by atoms with Gasteiger partial charge < -0.3 is 5.32 Å². The first-order valence-electron chi connectivity index (χ1n) is 7.03. The van der Waals surface area contributed by atoms with Crippen LogP contribution in [0.5, 0.6) is 0 Å². The Morgan fingerprint density at radius 3 is 2.89 bits per heavy atom. The quantitative estimate of drug-likeness (QED) is 0.901. The molecule has 0 heterocycles. The predicted molar refractivity (Wildman–Crippen MR) is 73.9 cm³/mol. The van der Waals surface area contributed by atoms with Crippen molar-refractivity contribution < 1.29 is 4.39 Å². The van der Waals surface area contributed by atoms with Gasteiger partial charge in [0.05, 0.1) is 5.56 Å². The van der Waals surface area contributed by atoms with Crippen molar-refractivity contribution in [2.24, 2.45) is 11.8 Å². The molecule has 1 aliphatic rings. The Hall–Kier alpha value is -1.40. The van der Waals surface area contributed by atoms with Crippen LogP contribution in [-0.4, -0.2) is 6.04 Å². The Morgan fingerprint density at radius 1 is 1.37 bits per heavy atom. The van der Waals surface area contributed by atoms with E-state index in [2.05, 4.69) is 19.2 Å². The lowest BCUT2D eigenvalue weighted by molar-refractivity contribution is 0.206. The van der Waals surface area contributed by atoms with E-state index in [1.165, 1.54) is 25.3 Å². The maximum absolute atomic E-state index is 13.2. The van der Waals surface area contributed by atoms with E-state index in [9.17, 15) is 4.39 Å². The van der Waals surface area contributed by atoms with Crippen molar-refractivity contribution in [1.29, 1.82) is 5.26 Å². The van der Waals surface area contributed by atoms with Crippen molar-refractivity contribution in [3.05, 3.63) is 35.1 Å². The van der Waals surface area contributed by atoms with Gasteiger partial charge in [0.25, 0.3) is 0 Å². The van der Waals surface area contributed by atoms with Gasteiger partial charge in [-0.3, -0.25) is 0 Å². The summed E-state index contributed by atoms with van der Waals surface area (Å²) >= 11 is 0. The lowest BCUT2D eigenvalue weighted by Crippen LogP contribution is -2.40. The molecule has 0 bridgehead atoms. The summed E-state index contributed by atoms with van der Waals surface area (Å²) in [6.07, 6.45) is 3.79. The molecule has 1 saturated carbocycles. The Balaban J connectivity index is 1.97. The summed E-state index contributed by atoms with van der Waals surface area (Å²) in [5.41, 5.74) is 1.10. The number of halogens is 1. The van der Waals surface area contributed by atoms with Gasteiger partial charge in [-0.2, -0.15) is 5.26 Å². The first-order chi connectivity index (χ1) is 9.11. The average molecular weight is 260 g/mol. The van der Waals surface area contributed by atoms with Crippen molar-refractivity contribution in [2.75, 3.05) is 0 Å². The number of hydrogen-bond donors (Lipinski definition) is 1. The second kappa shape index (κ2) is 6.16. The Labute approximate surface area is 114 Å². The minimum Gasteiger partial charge on any atom is -0.310 e. The van der Waals surface area contributed by atoms with Crippen molar-refractivity contribution in [1.82, 2.24) is 5.32 Å². The smallest absolute Gasteiger partial charge is 0.140 e. The molecule has 0 spiro atoms. The van der Waals surface area contributed by atoms with Crippen molar-refractivity contribution in [3.63, 3.8) is 0 Å². The molecule has 1 aromatic rings. The van der Waals surface area contributed by atoms with Crippen LogP contribution < -0.4 is 5.32 Å². The molecule has 1 fully saturated rings. The van der Waals surface area contributed by atoms with Crippen LogP contribution in [-0.2, 0) is 6.54 Å². The summed E-state index contributed by atoms with van der Waals surface area (Å²) in [7, 11) is 0. The summed E-state index contributed by atoms with van der Waals surface area (Å²) in [5, 5.41) is 12.4. The third-order valence-electron chi connectivity index (χ3n) is 4.43. The van der Waals surface area contributed by atoms with E-state index in [1.807, 2.05) is 6.07 Å². The van der Waals surface area contributed by atoms with Gasteiger partial charge in [0.1, 0.15) is 11.9 Å². The van der Waals surface area contributed by atoms with E-state index < -0.39 is 5.82 Å². The highest BCUT2D eigenvalue weighted by Gasteiger charge is 2.26. The summed E-state index contributed by atoms with van der Waals surface area (Å²) in [4.78, 5) is 0. The molecule has 19 heavy (non-hydrogen) atoms. The highest BCUT2D eigenvalue weighted by molar-refractivity contribution is 5.34. The SMILES string of the molecule is CC1CCCC(NCc2ccc(F)c(C#N)c2)C1C. The predicted octanol–water partition coefficient (Wildman–Crippen LogP) is 3.61. The first kappa shape index (κ1) is 14.0. The zero-order valence-corrected chi connectivity index (χ0v) is 11.6. The molecule has 0 aromatic heterocycles. The van der Waals surface area contributed by atoms with Gasteiger partial charge >= 0.3 is 0 Å². The fourth-order valence-electron chi connectivity index (χ4n) is 2.89. The highest BCUT2D eigenvalue weighted by atomic mass is 19.1. The molecule has 1 N–H and O–H groups in total. The van der Waals surface area contributed by atoms with Gasteiger partial charge in [-0.15, -0.1) is 0 Å². The minimum atomic E-state index is -0.439. The fourth-order valence-corrected chi connectivity index (χ4v) is 2.89. The lowest BCUT2D eigenvalue weighted by atomic mass is 9.78. The second-order valence-electron chi connectivity index (χ2n) is 5.68. The lowest BCUT2D eigenvalue weighted by Gasteiger charge is -2.34. The number of rotatable bonds is 3. The minimum absolute atomic E-state index is 0.129. The number of nitrogens with zero attached hydrogens (tertiary/aromatic N) is 1. The maximum Gasteiger partial charge on any atom is 0.140 e. The van der Waals surface area contributed by atoms with Gasteiger partial charge in [-0.1, -0.05) is 32.8 Å². The third kappa shape index (κ3) is 3.33.